The lowest BCUT2D eigenvalue weighted by atomic mass is 10.1. The molecule has 0 aliphatic carbocycles. The SMILES string of the molecule is C=CCNC(=O)C(C)Sc1nnc(-c2cccc(C)c2)n1CC=C. The van der Waals surface area contributed by atoms with Crippen LogP contribution < -0.4 is 5.32 Å². The summed E-state index contributed by atoms with van der Waals surface area (Å²) in [5.74, 6) is 0.727. The van der Waals surface area contributed by atoms with Crippen LogP contribution in [0.15, 0.2) is 54.7 Å². The largest absolute Gasteiger partial charge is 0.352 e. The van der Waals surface area contributed by atoms with Crippen LogP contribution in [0.4, 0.5) is 0 Å². The minimum absolute atomic E-state index is 0.0508. The second-order valence-corrected chi connectivity index (χ2v) is 6.68. The van der Waals surface area contributed by atoms with Gasteiger partial charge >= 0.3 is 0 Å². The molecule has 6 heteroatoms. The predicted octanol–water partition coefficient (Wildman–Crippen LogP) is 3.22. The summed E-state index contributed by atoms with van der Waals surface area (Å²) in [7, 11) is 0. The van der Waals surface area contributed by atoms with Crippen molar-refractivity contribution in [2.45, 2.75) is 30.8 Å². The highest BCUT2D eigenvalue weighted by molar-refractivity contribution is 8.00. The van der Waals surface area contributed by atoms with E-state index in [2.05, 4.69) is 34.7 Å². The van der Waals surface area contributed by atoms with Crippen LogP contribution >= 0.6 is 11.8 Å². The zero-order valence-electron chi connectivity index (χ0n) is 14.0. The molecule has 1 aromatic carbocycles. The van der Waals surface area contributed by atoms with Crippen molar-refractivity contribution in [2.75, 3.05) is 6.54 Å². The van der Waals surface area contributed by atoms with E-state index in [-0.39, 0.29) is 11.2 Å². The van der Waals surface area contributed by atoms with Gasteiger partial charge in [0.25, 0.3) is 0 Å². The highest BCUT2D eigenvalue weighted by atomic mass is 32.2. The molecule has 0 radical (unpaired) electrons. The number of rotatable bonds is 8. The zero-order chi connectivity index (χ0) is 17.5. The van der Waals surface area contributed by atoms with Crippen LogP contribution in [-0.4, -0.2) is 32.5 Å². The summed E-state index contributed by atoms with van der Waals surface area (Å²) in [4.78, 5) is 12.0. The average molecular weight is 342 g/mol. The quantitative estimate of drug-likeness (QED) is 0.591. The third-order valence-corrected chi connectivity index (χ3v) is 4.46. The van der Waals surface area contributed by atoms with E-state index >= 15 is 0 Å². The monoisotopic (exact) mass is 342 g/mol. The molecule has 0 bridgehead atoms. The number of allylic oxidation sites excluding steroid dienone is 1. The summed E-state index contributed by atoms with van der Waals surface area (Å²) in [6.07, 6.45) is 3.46. The number of carbonyl (C=O) groups is 1. The Balaban J connectivity index is 2.26. The number of benzene rings is 1. The van der Waals surface area contributed by atoms with E-state index in [1.54, 1.807) is 12.2 Å². The minimum Gasteiger partial charge on any atom is -0.352 e. The van der Waals surface area contributed by atoms with Crippen LogP contribution in [0.25, 0.3) is 11.4 Å². The van der Waals surface area contributed by atoms with Gasteiger partial charge in [0.1, 0.15) is 0 Å². The molecule has 24 heavy (non-hydrogen) atoms. The summed E-state index contributed by atoms with van der Waals surface area (Å²) < 4.78 is 1.98. The molecule has 0 spiro atoms. The second-order valence-electron chi connectivity index (χ2n) is 5.37. The standard InChI is InChI=1S/C18H22N4OS/c1-5-10-19-17(23)14(4)24-18-21-20-16(22(18)11-6-2)15-9-7-8-13(3)12-15/h5-9,12,14H,1-2,10-11H2,3-4H3,(H,19,23). The second kappa shape index (κ2) is 8.49. The lowest BCUT2D eigenvalue weighted by Crippen LogP contribution is -2.31. The van der Waals surface area contributed by atoms with Crippen molar-refractivity contribution in [1.29, 1.82) is 0 Å². The molecule has 0 aliphatic heterocycles. The van der Waals surface area contributed by atoms with Gasteiger partial charge in [-0.3, -0.25) is 9.36 Å². The van der Waals surface area contributed by atoms with Crippen molar-refractivity contribution in [3.63, 3.8) is 0 Å². The number of nitrogens with zero attached hydrogens (tertiary/aromatic N) is 3. The van der Waals surface area contributed by atoms with E-state index < -0.39 is 0 Å². The lowest BCUT2D eigenvalue weighted by Gasteiger charge is -2.12. The van der Waals surface area contributed by atoms with E-state index in [9.17, 15) is 4.79 Å². The highest BCUT2D eigenvalue weighted by Crippen LogP contribution is 2.27. The zero-order valence-corrected chi connectivity index (χ0v) is 14.8. The van der Waals surface area contributed by atoms with E-state index in [0.717, 1.165) is 17.0 Å². The summed E-state index contributed by atoms with van der Waals surface area (Å²) >= 11 is 1.38. The first-order valence-corrected chi connectivity index (χ1v) is 8.61. The number of amides is 1. The fourth-order valence-corrected chi connectivity index (χ4v) is 3.08. The van der Waals surface area contributed by atoms with Gasteiger partial charge in [0, 0.05) is 18.7 Å². The van der Waals surface area contributed by atoms with Crippen molar-refractivity contribution < 1.29 is 4.79 Å². The molecule has 2 aromatic rings. The van der Waals surface area contributed by atoms with E-state index in [1.807, 2.05) is 36.6 Å². The molecule has 1 unspecified atom stereocenters. The van der Waals surface area contributed by atoms with Crippen molar-refractivity contribution in [1.82, 2.24) is 20.1 Å². The Bertz CT molecular complexity index is 738. The molecule has 5 nitrogen and oxygen atoms in total. The Morgan fingerprint density at radius 2 is 2.17 bits per heavy atom. The van der Waals surface area contributed by atoms with Gasteiger partial charge in [0.2, 0.25) is 5.91 Å². The molecule has 1 N–H and O–H groups in total. The van der Waals surface area contributed by atoms with Gasteiger partial charge < -0.3 is 5.32 Å². The molecule has 0 fully saturated rings. The van der Waals surface area contributed by atoms with Crippen molar-refractivity contribution in [2.24, 2.45) is 0 Å². The summed E-state index contributed by atoms with van der Waals surface area (Å²) in [6, 6.07) is 8.11. The fourth-order valence-electron chi connectivity index (χ4n) is 2.20. The van der Waals surface area contributed by atoms with Crippen molar-refractivity contribution in [3.8, 4) is 11.4 Å². The van der Waals surface area contributed by atoms with Crippen LogP contribution in [0.3, 0.4) is 0 Å². The van der Waals surface area contributed by atoms with Gasteiger partial charge in [0.05, 0.1) is 5.25 Å². The maximum Gasteiger partial charge on any atom is 0.233 e. The number of thioether (sulfide) groups is 1. The molecule has 0 aliphatic rings. The van der Waals surface area contributed by atoms with E-state index in [0.29, 0.717) is 18.2 Å². The Morgan fingerprint density at radius 3 is 2.83 bits per heavy atom. The molecular formula is C18H22N4OS. The summed E-state index contributed by atoms with van der Waals surface area (Å²) in [5.41, 5.74) is 2.16. The van der Waals surface area contributed by atoms with Crippen LogP contribution in [0.2, 0.25) is 0 Å². The van der Waals surface area contributed by atoms with Crippen LogP contribution in [0.5, 0.6) is 0 Å². The number of hydrogen-bond donors (Lipinski definition) is 1. The molecule has 1 aromatic heterocycles. The third kappa shape index (κ3) is 4.35. The van der Waals surface area contributed by atoms with Crippen LogP contribution in [0.1, 0.15) is 12.5 Å². The van der Waals surface area contributed by atoms with Gasteiger partial charge in [-0.2, -0.15) is 0 Å². The Morgan fingerprint density at radius 1 is 1.38 bits per heavy atom. The third-order valence-electron chi connectivity index (χ3n) is 3.38. The van der Waals surface area contributed by atoms with E-state index in [1.165, 1.54) is 11.8 Å². The topological polar surface area (TPSA) is 59.8 Å². The van der Waals surface area contributed by atoms with Crippen molar-refractivity contribution >= 4 is 17.7 Å². The maximum absolute atomic E-state index is 12.0. The van der Waals surface area contributed by atoms with Gasteiger partial charge in [-0.1, -0.05) is 47.7 Å². The van der Waals surface area contributed by atoms with Gasteiger partial charge in [-0.15, -0.1) is 23.4 Å². The molecule has 1 atom stereocenters. The van der Waals surface area contributed by atoms with Crippen LogP contribution in [-0.2, 0) is 11.3 Å². The number of carbonyl (C=O) groups excluding carboxylic acids is 1. The first-order valence-electron chi connectivity index (χ1n) is 7.73. The molecule has 0 saturated heterocycles. The lowest BCUT2D eigenvalue weighted by molar-refractivity contribution is -0.120. The normalized spacial score (nSPS) is 11.8. The fraction of sp³-hybridized carbons (Fsp3) is 0.278. The Hall–Kier alpha value is -2.34. The molecular weight excluding hydrogens is 320 g/mol. The summed E-state index contributed by atoms with van der Waals surface area (Å²) in [5, 5.41) is 11.8. The van der Waals surface area contributed by atoms with Crippen molar-refractivity contribution in [3.05, 3.63) is 55.1 Å². The molecule has 1 heterocycles. The first kappa shape index (κ1) is 18.0. The molecule has 2 rings (SSSR count). The smallest absolute Gasteiger partial charge is 0.233 e. The number of nitrogens with one attached hydrogen (secondary N) is 1. The first-order chi connectivity index (χ1) is 11.6. The average Bonchev–Trinajstić information content (AvgIpc) is 2.95. The van der Waals surface area contributed by atoms with Gasteiger partial charge in [-0.05, 0) is 19.9 Å². The predicted molar refractivity (Wildman–Crippen MR) is 98.9 cm³/mol. The number of aromatic nitrogens is 3. The Kier molecular flexibility index (Phi) is 6.37. The molecule has 0 saturated carbocycles. The molecule has 126 valence electrons. The van der Waals surface area contributed by atoms with Crippen LogP contribution in [0, 0.1) is 6.92 Å². The van der Waals surface area contributed by atoms with E-state index in [4.69, 9.17) is 0 Å². The van der Waals surface area contributed by atoms with Gasteiger partial charge in [-0.25, -0.2) is 0 Å². The van der Waals surface area contributed by atoms with Gasteiger partial charge in [0.15, 0.2) is 11.0 Å². The Labute approximate surface area is 146 Å². The number of hydrogen-bond acceptors (Lipinski definition) is 4. The summed E-state index contributed by atoms with van der Waals surface area (Å²) in [6.45, 7) is 12.3. The number of aryl methyl sites for hydroxylation is 1. The highest BCUT2D eigenvalue weighted by Gasteiger charge is 2.20. The minimum atomic E-state index is -0.275. The maximum atomic E-state index is 12.0. The molecule has 1 amide bonds.